The summed E-state index contributed by atoms with van der Waals surface area (Å²) in [6.45, 7) is 6.04. The van der Waals surface area contributed by atoms with Crippen LogP contribution in [-0.4, -0.2) is 26.8 Å². The number of hydrogen-bond donors (Lipinski definition) is 3. The second-order valence-corrected chi connectivity index (χ2v) is 6.90. The van der Waals surface area contributed by atoms with E-state index in [1.165, 1.54) is 0 Å². The van der Waals surface area contributed by atoms with Crippen molar-refractivity contribution in [1.82, 2.24) is 4.72 Å². The normalized spacial score (nSPS) is 12.4. The van der Waals surface area contributed by atoms with Crippen LogP contribution in [0.1, 0.15) is 19.4 Å². The molecule has 0 amide bonds. The maximum atomic E-state index is 11.2. The number of aryl methyl sites for hydroxylation is 1. The predicted molar refractivity (Wildman–Crippen MR) is 76.1 cm³/mol. The lowest BCUT2D eigenvalue weighted by Gasteiger charge is -2.26. The molecule has 1 aromatic rings. The van der Waals surface area contributed by atoms with Crippen molar-refractivity contribution >= 4 is 21.4 Å². The third-order valence-electron chi connectivity index (χ3n) is 2.47. The van der Waals surface area contributed by atoms with Gasteiger partial charge in [-0.3, -0.25) is 0 Å². The number of sulfonamides is 1. The number of benzene rings is 1. The molecule has 1 rings (SSSR count). The molecule has 0 radical (unpaired) electrons. The van der Waals surface area contributed by atoms with E-state index in [4.69, 9.17) is 5.73 Å². The minimum Gasteiger partial charge on any atom is -0.397 e. The van der Waals surface area contributed by atoms with Crippen molar-refractivity contribution in [2.24, 2.45) is 0 Å². The minimum absolute atomic E-state index is 0.453. The molecule has 0 spiro atoms. The molecule has 0 atom stereocenters. The van der Waals surface area contributed by atoms with Crippen LogP contribution in [0, 0.1) is 6.92 Å². The Hall–Kier alpha value is -1.27. The number of nitrogens with one attached hydrogen (secondary N) is 2. The van der Waals surface area contributed by atoms with Gasteiger partial charge < -0.3 is 11.1 Å². The van der Waals surface area contributed by atoms with Crippen molar-refractivity contribution in [3.8, 4) is 0 Å². The highest BCUT2D eigenvalue weighted by Gasteiger charge is 2.22. The van der Waals surface area contributed by atoms with Crippen LogP contribution >= 0.6 is 0 Å². The number of anilines is 2. The van der Waals surface area contributed by atoms with Gasteiger partial charge in [-0.15, -0.1) is 0 Å². The molecular formula is C12H21N3O2S. The first-order valence-electron chi connectivity index (χ1n) is 5.69. The fourth-order valence-electron chi connectivity index (χ4n) is 1.78. The van der Waals surface area contributed by atoms with Crippen molar-refractivity contribution in [3.63, 3.8) is 0 Å². The van der Waals surface area contributed by atoms with Gasteiger partial charge in [0, 0.05) is 12.1 Å². The summed E-state index contributed by atoms with van der Waals surface area (Å²) in [5.74, 6) is 0. The SMILES string of the molecule is Cc1cccc(N)c1NCC(C)(C)NS(C)(=O)=O. The van der Waals surface area contributed by atoms with Crippen molar-refractivity contribution in [2.45, 2.75) is 26.3 Å². The Balaban J connectivity index is 2.76. The Morgan fingerprint density at radius 3 is 2.44 bits per heavy atom. The summed E-state index contributed by atoms with van der Waals surface area (Å²) < 4.78 is 25.0. The van der Waals surface area contributed by atoms with Crippen molar-refractivity contribution in [3.05, 3.63) is 23.8 Å². The molecule has 0 saturated heterocycles. The molecule has 0 fully saturated rings. The average molecular weight is 271 g/mol. The highest BCUT2D eigenvalue weighted by Crippen LogP contribution is 2.23. The quantitative estimate of drug-likeness (QED) is 0.705. The fourth-order valence-corrected chi connectivity index (χ4v) is 2.86. The summed E-state index contributed by atoms with van der Waals surface area (Å²) in [6.07, 6.45) is 1.15. The molecular weight excluding hydrogens is 250 g/mol. The van der Waals surface area contributed by atoms with Crippen LogP contribution < -0.4 is 15.8 Å². The number of nitrogen functional groups attached to an aromatic ring is 1. The van der Waals surface area contributed by atoms with Crippen LogP contribution in [-0.2, 0) is 10.0 Å². The third kappa shape index (κ3) is 4.54. The average Bonchev–Trinajstić information content (AvgIpc) is 2.12. The predicted octanol–water partition coefficient (Wildman–Crippen LogP) is 1.32. The zero-order chi connectivity index (χ0) is 14.0. The monoisotopic (exact) mass is 271 g/mol. The van der Waals surface area contributed by atoms with Crippen LogP contribution in [0.4, 0.5) is 11.4 Å². The highest BCUT2D eigenvalue weighted by atomic mass is 32.2. The molecule has 6 heteroatoms. The Morgan fingerprint density at radius 2 is 1.94 bits per heavy atom. The van der Waals surface area contributed by atoms with Gasteiger partial charge in [0.1, 0.15) is 0 Å². The molecule has 1 aromatic carbocycles. The summed E-state index contributed by atoms with van der Waals surface area (Å²) in [6, 6.07) is 5.65. The van der Waals surface area contributed by atoms with Crippen molar-refractivity contribution < 1.29 is 8.42 Å². The van der Waals surface area contributed by atoms with Gasteiger partial charge in [0.25, 0.3) is 0 Å². The lowest BCUT2D eigenvalue weighted by Crippen LogP contribution is -2.47. The van der Waals surface area contributed by atoms with Gasteiger partial charge in [-0.05, 0) is 32.4 Å². The van der Waals surface area contributed by atoms with Gasteiger partial charge in [0.05, 0.1) is 17.6 Å². The minimum atomic E-state index is -3.23. The Kier molecular flexibility index (Phi) is 4.24. The van der Waals surface area contributed by atoms with E-state index >= 15 is 0 Å². The topological polar surface area (TPSA) is 84.2 Å². The molecule has 4 N–H and O–H groups in total. The molecule has 18 heavy (non-hydrogen) atoms. The largest absolute Gasteiger partial charge is 0.397 e. The van der Waals surface area contributed by atoms with Crippen molar-refractivity contribution in [1.29, 1.82) is 0 Å². The van der Waals surface area contributed by atoms with Gasteiger partial charge in [0.15, 0.2) is 0 Å². The Bertz CT molecular complexity index is 504. The zero-order valence-electron chi connectivity index (χ0n) is 11.2. The van der Waals surface area contributed by atoms with Gasteiger partial charge in [-0.25, -0.2) is 13.1 Å². The standard InChI is InChI=1S/C12H21N3O2S/c1-9-6-5-7-10(13)11(9)14-8-12(2,3)15-18(4,16)17/h5-7,14-15H,8,13H2,1-4H3. The number of hydrogen-bond acceptors (Lipinski definition) is 4. The first-order chi connectivity index (χ1) is 8.11. The maximum Gasteiger partial charge on any atom is 0.209 e. The maximum absolute atomic E-state index is 11.2. The number of para-hydroxylation sites is 1. The zero-order valence-corrected chi connectivity index (χ0v) is 12.1. The molecule has 0 unspecified atom stereocenters. The van der Waals surface area contributed by atoms with E-state index in [2.05, 4.69) is 10.0 Å². The van der Waals surface area contributed by atoms with Crippen LogP contribution in [0.5, 0.6) is 0 Å². The summed E-state index contributed by atoms with van der Waals surface area (Å²) >= 11 is 0. The summed E-state index contributed by atoms with van der Waals surface area (Å²) in [5.41, 5.74) is 7.83. The van der Waals surface area contributed by atoms with Gasteiger partial charge in [-0.1, -0.05) is 12.1 Å². The molecule has 0 aliphatic rings. The Labute approximate surface area is 109 Å². The lowest BCUT2D eigenvalue weighted by atomic mass is 10.1. The van der Waals surface area contributed by atoms with E-state index in [1.54, 1.807) is 0 Å². The summed E-state index contributed by atoms with van der Waals surface area (Å²) in [5, 5.41) is 3.19. The number of nitrogens with two attached hydrogens (primary N) is 1. The van der Waals surface area contributed by atoms with E-state index < -0.39 is 15.6 Å². The molecule has 0 aliphatic carbocycles. The van der Waals surface area contributed by atoms with E-state index in [0.29, 0.717) is 12.2 Å². The Morgan fingerprint density at radius 1 is 1.33 bits per heavy atom. The van der Waals surface area contributed by atoms with E-state index in [9.17, 15) is 8.42 Å². The first-order valence-corrected chi connectivity index (χ1v) is 7.58. The summed E-state index contributed by atoms with van der Waals surface area (Å²) in [4.78, 5) is 0. The van der Waals surface area contributed by atoms with Crippen molar-refractivity contribution in [2.75, 3.05) is 23.9 Å². The molecule has 102 valence electrons. The van der Waals surface area contributed by atoms with Crippen LogP contribution in [0.3, 0.4) is 0 Å². The van der Waals surface area contributed by atoms with Gasteiger partial charge in [-0.2, -0.15) is 0 Å². The van der Waals surface area contributed by atoms with E-state index in [0.717, 1.165) is 17.5 Å². The smallest absolute Gasteiger partial charge is 0.209 e. The molecule has 0 aliphatic heterocycles. The second-order valence-electron chi connectivity index (χ2n) is 5.15. The van der Waals surface area contributed by atoms with Crippen LogP contribution in [0.15, 0.2) is 18.2 Å². The first kappa shape index (κ1) is 14.8. The van der Waals surface area contributed by atoms with E-state index in [-0.39, 0.29) is 0 Å². The second kappa shape index (κ2) is 5.16. The fraction of sp³-hybridized carbons (Fsp3) is 0.500. The molecule has 0 bridgehead atoms. The van der Waals surface area contributed by atoms with Gasteiger partial charge >= 0.3 is 0 Å². The highest BCUT2D eigenvalue weighted by molar-refractivity contribution is 7.88. The van der Waals surface area contributed by atoms with E-state index in [1.807, 2.05) is 39.0 Å². The molecule has 5 nitrogen and oxygen atoms in total. The number of rotatable bonds is 5. The molecule has 0 aromatic heterocycles. The molecule has 0 heterocycles. The van der Waals surface area contributed by atoms with Crippen LogP contribution in [0.2, 0.25) is 0 Å². The van der Waals surface area contributed by atoms with Crippen LogP contribution in [0.25, 0.3) is 0 Å². The summed E-state index contributed by atoms with van der Waals surface area (Å²) in [7, 11) is -3.23. The van der Waals surface area contributed by atoms with Gasteiger partial charge in [0.2, 0.25) is 10.0 Å². The third-order valence-corrected chi connectivity index (χ3v) is 3.40. The molecule has 0 saturated carbocycles. The lowest BCUT2D eigenvalue weighted by molar-refractivity contribution is 0.476.